The molecule has 0 aromatic carbocycles. The van der Waals surface area contributed by atoms with Crippen molar-refractivity contribution in [2.24, 2.45) is 11.7 Å². The maximum Gasteiger partial charge on any atom is 0.115 e. The maximum absolute atomic E-state index is 5.94. The number of likely N-dealkylation sites (N-methyl/N-ethyl adjacent to an activating group) is 1. The molecular formula is C14H24N4. The Bertz CT molecular complexity index is 346. The summed E-state index contributed by atoms with van der Waals surface area (Å²) in [5, 5.41) is 0. The fourth-order valence-electron chi connectivity index (χ4n) is 2.90. The molecule has 1 unspecified atom stereocenters. The second-order valence-corrected chi connectivity index (χ2v) is 5.46. The van der Waals surface area contributed by atoms with Crippen molar-refractivity contribution in [2.45, 2.75) is 44.7 Å². The van der Waals surface area contributed by atoms with Gasteiger partial charge in [0.2, 0.25) is 0 Å². The van der Waals surface area contributed by atoms with Gasteiger partial charge in [-0.3, -0.25) is 4.90 Å². The van der Waals surface area contributed by atoms with E-state index in [0.717, 1.165) is 11.6 Å². The molecule has 1 aliphatic carbocycles. The molecule has 1 aliphatic rings. The summed E-state index contributed by atoms with van der Waals surface area (Å²) >= 11 is 0. The van der Waals surface area contributed by atoms with Crippen molar-refractivity contribution >= 4 is 0 Å². The summed E-state index contributed by atoms with van der Waals surface area (Å²) in [5.74, 6) is 0.880. The van der Waals surface area contributed by atoms with E-state index in [4.69, 9.17) is 5.73 Å². The summed E-state index contributed by atoms with van der Waals surface area (Å²) in [7, 11) is 2.18. The average molecular weight is 248 g/mol. The van der Waals surface area contributed by atoms with Gasteiger partial charge < -0.3 is 5.73 Å². The van der Waals surface area contributed by atoms with Gasteiger partial charge in [0, 0.05) is 18.8 Å². The molecule has 0 amide bonds. The Balaban J connectivity index is 2.04. The fourth-order valence-corrected chi connectivity index (χ4v) is 2.90. The molecule has 0 bridgehead atoms. The summed E-state index contributed by atoms with van der Waals surface area (Å²) in [6, 6.07) is 2.83. The van der Waals surface area contributed by atoms with E-state index in [1.54, 1.807) is 12.5 Å². The first-order chi connectivity index (χ1) is 8.72. The molecule has 1 aromatic rings. The topological polar surface area (TPSA) is 55.0 Å². The van der Waals surface area contributed by atoms with Gasteiger partial charge in [0.15, 0.2) is 0 Å². The normalized spacial score (nSPS) is 26.2. The van der Waals surface area contributed by atoms with Crippen LogP contribution in [0.4, 0.5) is 0 Å². The minimum atomic E-state index is 0.214. The molecule has 2 rings (SSSR count). The van der Waals surface area contributed by atoms with Crippen molar-refractivity contribution in [2.75, 3.05) is 13.6 Å². The Morgan fingerprint density at radius 3 is 2.67 bits per heavy atom. The highest BCUT2D eigenvalue weighted by molar-refractivity contribution is 5.06. The van der Waals surface area contributed by atoms with Gasteiger partial charge in [-0.1, -0.05) is 6.92 Å². The van der Waals surface area contributed by atoms with Gasteiger partial charge >= 0.3 is 0 Å². The lowest BCUT2D eigenvalue weighted by molar-refractivity contribution is 0.124. The van der Waals surface area contributed by atoms with Gasteiger partial charge in [-0.2, -0.15) is 0 Å². The summed E-state index contributed by atoms with van der Waals surface area (Å²) in [6.45, 7) is 2.96. The van der Waals surface area contributed by atoms with Crippen LogP contribution in [-0.2, 0) is 0 Å². The minimum Gasteiger partial charge on any atom is -0.329 e. The van der Waals surface area contributed by atoms with Crippen LogP contribution < -0.4 is 5.73 Å². The van der Waals surface area contributed by atoms with E-state index in [9.17, 15) is 0 Å². The largest absolute Gasteiger partial charge is 0.329 e. The number of nitrogens with zero attached hydrogens (tertiary/aromatic N) is 3. The fraction of sp³-hybridized carbons (Fsp3) is 0.714. The van der Waals surface area contributed by atoms with Crippen molar-refractivity contribution in [3.8, 4) is 0 Å². The Morgan fingerprint density at radius 2 is 2.11 bits per heavy atom. The van der Waals surface area contributed by atoms with Crippen LogP contribution in [0.5, 0.6) is 0 Å². The molecule has 1 fully saturated rings. The van der Waals surface area contributed by atoms with Crippen molar-refractivity contribution in [3.05, 3.63) is 24.3 Å². The van der Waals surface area contributed by atoms with E-state index in [1.165, 1.54) is 25.7 Å². The van der Waals surface area contributed by atoms with Gasteiger partial charge in [0.05, 0.1) is 11.7 Å². The standard InChI is InChI=1S/C14H24N4/c1-11-3-5-12(6-4-11)18(2)14(9-15)13-7-8-16-10-17-13/h7-8,10-12,14H,3-6,9,15H2,1-2H3. The first-order valence-corrected chi connectivity index (χ1v) is 6.90. The average Bonchev–Trinajstić information content (AvgIpc) is 2.41. The Labute approximate surface area is 110 Å². The van der Waals surface area contributed by atoms with Crippen LogP contribution in [0.1, 0.15) is 44.3 Å². The number of hydrogen-bond donors (Lipinski definition) is 1. The second-order valence-electron chi connectivity index (χ2n) is 5.46. The minimum absolute atomic E-state index is 0.214. The van der Waals surface area contributed by atoms with Gasteiger partial charge in [-0.15, -0.1) is 0 Å². The van der Waals surface area contributed by atoms with Gasteiger partial charge in [0.1, 0.15) is 6.33 Å². The highest BCUT2D eigenvalue weighted by atomic mass is 15.2. The van der Waals surface area contributed by atoms with Crippen LogP contribution >= 0.6 is 0 Å². The van der Waals surface area contributed by atoms with Gasteiger partial charge in [-0.05, 0) is 44.7 Å². The summed E-state index contributed by atoms with van der Waals surface area (Å²) in [6.07, 6.45) is 8.61. The van der Waals surface area contributed by atoms with Gasteiger partial charge in [-0.25, -0.2) is 9.97 Å². The van der Waals surface area contributed by atoms with Crippen LogP contribution in [0.15, 0.2) is 18.6 Å². The van der Waals surface area contributed by atoms with Crippen LogP contribution in [0, 0.1) is 5.92 Å². The first kappa shape index (κ1) is 13.4. The number of aromatic nitrogens is 2. The summed E-state index contributed by atoms with van der Waals surface area (Å²) in [4.78, 5) is 10.7. The third-order valence-corrected chi connectivity index (χ3v) is 4.22. The molecule has 1 aromatic heterocycles. The molecule has 4 heteroatoms. The lowest BCUT2D eigenvalue weighted by Gasteiger charge is -2.37. The molecule has 0 aliphatic heterocycles. The van der Waals surface area contributed by atoms with Crippen LogP contribution in [0.2, 0.25) is 0 Å². The number of hydrogen-bond acceptors (Lipinski definition) is 4. The summed E-state index contributed by atoms with van der Waals surface area (Å²) < 4.78 is 0. The molecular weight excluding hydrogens is 224 g/mol. The predicted molar refractivity (Wildman–Crippen MR) is 73.0 cm³/mol. The van der Waals surface area contributed by atoms with E-state index in [1.807, 2.05) is 6.07 Å². The van der Waals surface area contributed by atoms with Gasteiger partial charge in [0.25, 0.3) is 0 Å². The molecule has 1 saturated carbocycles. The first-order valence-electron chi connectivity index (χ1n) is 6.90. The monoisotopic (exact) mass is 248 g/mol. The third-order valence-electron chi connectivity index (χ3n) is 4.22. The molecule has 100 valence electrons. The van der Waals surface area contributed by atoms with Crippen molar-refractivity contribution in [3.63, 3.8) is 0 Å². The predicted octanol–water partition coefficient (Wildman–Crippen LogP) is 1.99. The third kappa shape index (κ3) is 3.06. The molecule has 0 radical (unpaired) electrons. The quantitative estimate of drug-likeness (QED) is 0.885. The highest BCUT2D eigenvalue weighted by Gasteiger charge is 2.27. The molecule has 18 heavy (non-hydrogen) atoms. The zero-order valence-electron chi connectivity index (χ0n) is 11.4. The molecule has 0 saturated heterocycles. The molecule has 1 heterocycles. The zero-order chi connectivity index (χ0) is 13.0. The Hall–Kier alpha value is -1.00. The zero-order valence-corrected chi connectivity index (χ0v) is 11.4. The van der Waals surface area contributed by atoms with E-state index < -0.39 is 0 Å². The van der Waals surface area contributed by atoms with E-state index in [2.05, 4.69) is 28.8 Å². The van der Waals surface area contributed by atoms with Crippen LogP contribution in [0.3, 0.4) is 0 Å². The lowest BCUT2D eigenvalue weighted by atomic mass is 9.86. The van der Waals surface area contributed by atoms with Crippen molar-refractivity contribution in [1.29, 1.82) is 0 Å². The Morgan fingerprint density at radius 1 is 1.39 bits per heavy atom. The number of rotatable bonds is 4. The van der Waals surface area contributed by atoms with E-state index in [-0.39, 0.29) is 6.04 Å². The maximum atomic E-state index is 5.94. The molecule has 1 atom stereocenters. The SMILES string of the molecule is CC1CCC(N(C)C(CN)c2ccncn2)CC1. The van der Waals surface area contributed by atoms with Crippen LogP contribution in [0.25, 0.3) is 0 Å². The number of nitrogens with two attached hydrogens (primary N) is 1. The second kappa shape index (κ2) is 6.25. The molecule has 0 spiro atoms. The van der Waals surface area contributed by atoms with E-state index >= 15 is 0 Å². The smallest absolute Gasteiger partial charge is 0.115 e. The Kier molecular flexibility index (Phi) is 4.66. The van der Waals surface area contributed by atoms with Crippen molar-refractivity contribution in [1.82, 2.24) is 14.9 Å². The van der Waals surface area contributed by atoms with E-state index in [0.29, 0.717) is 12.6 Å². The molecule has 2 N–H and O–H groups in total. The van der Waals surface area contributed by atoms with Crippen LogP contribution in [-0.4, -0.2) is 34.5 Å². The van der Waals surface area contributed by atoms with Crippen molar-refractivity contribution < 1.29 is 0 Å². The highest BCUT2D eigenvalue weighted by Crippen LogP contribution is 2.30. The lowest BCUT2D eigenvalue weighted by Crippen LogP contribution is -2.40. The molecule has 4 nitrogen and oxygen atoms in total. The summed E-state index contributed by atoms with van der Waals surface area (Å²) in [5.41, 5.74) is 6.97.